The number of hydrogen-bond acceptors (Lipinski definition) is 2. The summed E-state index contributed by atoms with van der Waals surface area (Å²) in [7, 11) is 1.68. The maximum atomic E-state index is 5.68. The molecule has 0 aliphatic carbocycles. The molecule has 0 amide bonds. The maximum Gasteiger partial charge on any atom is 0.121 e. The van der Waals surface area contributed by atoms with Gasteiger partial charge in [-0.15, -0.1) is 0 Å². The molecule has 0 fully saturated rings. The molecule has 0 spiro atoms. The van der Waals surface area contributed by atoms with E-state index in [-0.39, 0.29) is 0 Å². The van der Waals surface area contributed by atoms with Crippen molar-refractivity contribution in [2.45, 2.75) is 13.5 Å². The summed E-state index contributed by atoms with van der Waals surface area (Å²) in [5.41, 5.74) is 10.3. The first-order valence-corrected chi connectivity index (χ1v) is 5.27. The van der Waals surface area contributed by atoms with Crippen molar-refractivity contribution in [3.8, 4) is 16.9 Å². The number of aromatic amines is 1. The number of benzene rings is 1. The minimum absolute atomic E-state index is 0.546. The van der Waals surface area contributed by atoms with Crippen LogP contribution in [-0.4, -0.2) is 12.1 Å². The van der Waals surface area contributed by atoms with E-state index in [1.807, 2.05) is 31.5 Å². The minimum Gasteiger partial charge on any atom is -0.496 e. The molecule has 1 heterocycles. The molecule has 16 heavy (non-hydrogen) atoms. The van der Waals surface area contributed by atoms with Crippen LogP contribution in [0.25, 0.3) is 11.1 Å². The second-order valence-corrected chi connectivity index (χ2v) is 3.78. The van der Waals surface area contributed by atoms with E-state index >= 15 is 0 Å². The molecule has 84 valence electrons. The second-order valence-electron chi connectivity index (χ2n) is 3.78. The molecule has 0 bridgehead atoms. The molecular formula is C13H16N2O. The lowest BCUT2D eigenvalue weighted by molar-refractivity contribution is 0.412. The Labute approximate surface area is 95.2 Å². The largest absolute Gasteiger partial charge is 0.496 e. The molecule has 0 aliphatic rings. The summed E-state index contributed by atoms with van der Waals surface area (Å²) in [4.78, 5) is 3.08. The molecule has 0 atom stereocenters. The molecule has 2 aromatic rings. The third-order valence-electron chi connectivity index (χ3n) is 2.76. The van der Waals surface area contributed by atoms with Crippen molar-refractivity contribution >= 4 is 0 Å². The van der Waals surface area contributed by atoms with Crippen molar-refractivity contribution in [1.82, 2.24) is 4.98 Å². The Morgan fingerprint density at radius 2 is 2.12 bits per heavy atom. The van der Waals surface area contributed by atoms with E-state index < -0.39 is 0 Å². The number of methoxy groups -OCH3 is 1. The van der Waals surface area contributed by atoms with Crippen LogP contribution in [0, 0.1) is 6.92 Å². The first kappa shape index (κ1) is 10.8. The van der Waals surface area contributed by atoms with Gasteiger partial charge in [0.15, 0.2) is 0 Å². The van der Waals surface area contributed by atoms with Gasteiger partial charge in [0.25, 0.3) is 0 Å². The zero-order valence-corrected chi connectivity index (χ0v) is 9.58. The fraction of sp³-hybridized carbons (Fsp3) is 0.231. The third-order valence-corrected chi connectivity index (χ3v) is 2.76. The highest BCUT2D eigenvalue weighted by atomic mass is 16.5. The van der Waals surface area contributed by atoms with Crippen LogP contribution in [0.5, 0.6) is 5.75 Å². The molecule has 0 radical (unpaired) electrons. The number of nitrogens with two attached hydrogens (primary N) is 1. The van der Waals surface area contributed by atoms with E-state index in [1.54, 1.807) is 7.11 Å². The smallest absolute Gasteiger partial charge is 0.121 e. The van der Waals surface area contributed by atoms with Crippen LogP contribution >= 0.6 is 0 Å². The molecule has 1 aromatic carbocycles. The third kappa shape index (κ3) is 1.82. The lowest BCUT2D eigenvalue weighted by atomic mass is 10.0. The van der Waals surface area contributed by atoms with Gasteiger partial charge in [0, 0.05) is 24.5 Å². The zero-order chi connectivity index (χ0) is 11.5. The number of rotatable bonds is 3. The predicted octanol–water partition coefficient (Wildman–Crippen LogP) is 2.46. The Bertz CT molecular complexity index is 488. The van der Waals surface area contributed by atoms with Gasteiger partial charge in [-0.25, -0.2) is 0 Å². The van der Waals surface area contributed by atoms with E-state index in [9.17, 15) is 0 Å². The van der Waals surface area contributed by atoms with Crippen molar-refractivity contribution in [1.29, 1.82) is 0 Å². The Balaban J connectivity index is 2.45. The van der Waals surface area contributed by atoms with E-state index in [4.69, 9.17) is 10.5 Å². The van der Waals surface area contributed by atoms with Crippen LogP contribution in [0.2, 0.25) is 0 Å². The summed E-state index contributed by atoms with van der Waals surface area (Å²) in [6.45, 7) is 2.58. The molecule has 0 unspecified atom stereocenters. The number of nitrogens with one attached hydrogen (secondary N) is 1. The molecular weight excluding hydrogens is 200 g/mol. The first-order chi connectivity index (χ1) is 7.76. The van der Waals surface area contributed by atoms with Crippen LogP contribution in [0.3, 0.4) is 0 Å². The summed E-state index contributed by atoms with van der Waals surface area (Å²) < 4.78 is 5.24. The SMILES string of the molecule is COc1ccc(-c2c[nH]cc2CN)cc1C. The lowest BCUT2D eigenvalue weighted by Gasteiger charge is -2.07. The van der Waals surface area contributed by atoms with Crippen LogP contribution in [-0.2, 0) is 6.54 Å². The zero-order valence-electron chi connectivity index (χ0n) is 9.58. The summed E-state index contributed by atoms with van der Waals surface area (Å²) in [6, 6.07) is 6.15. The predicted molar refractivity (Wildman–Crippen MR) is 65.4 cm³/mol. The van der Waals surface area contributed by atoms with Crippen molar-refractivity contribution < 1.29 is 4.74 Å². The summed E-state index contributed by atoms with van der Waals surface area (Å²) in [6.07, 6.45) is 3.92. The summed E-state index contributed by atoms with van der Waals surface area (Å²) in [5, 5.41) is 0. The van der Waals surface area contributed by atoms with Gasteiger partial charge in [0.2, 0.25) is 0 Å². The van der Waals surface area contributed by atoms with Gasteiger partial charge in [-0.05, 0) is 35.7 Å². The lowest BCUT2D eigenvalue weighted by Crippen LogP contribution is -1.96. The average Bonchev–Trinajstić information content (AvgIpc) is 2.77. The van der Waals surface area contributed by atoms with Gasteiger partial charge in [-0.2, -0.15) is 0 Å². The number of aryl methyl sites for hydroxylation is 1. The number of H-pyrrole nitrogens is 1. The highest BCUT2D eigenvalue weighted by Gasteiger charge is 2.06. The van der Waals surface area contributed by atoms with Gasteiger partial charge in [0.1, 0.15) is 5.75 Å². The van der Waals surface area contributed by atoms with Gasteiger partial charge in [0.05, 0.1) is 7.11 Å². The van der Waals surface area contributed by atoms with Gasteiger partial charge in [-0.3, -0.25) is 0 Å². The van der Waals surface area contributed by atoms with Crippen molar-refractivity contribution in [3.05, 3.63) is 41.7 Å². The van der Waals surface area contributed by atoms with Crippen molar-refractivity contribution in [2.24, 2.45) is 5.73 Å². The first-order valence-electron chi connectivity index (χ1n) is 5.27. The number of ether oxygens (including phenoxy) is 1. The van der Waals surface area contributed by atoms with Crippen LogP contribution in [0.4, 0.5) is 0 Å². The molecule has 3 nitrogen and oxygen atoms in total. The maximum absolute atomic E-state index is 5.68. The molecule has 1 aromatic heterocycles. The Kier molecular flexibility index (Phi) is 2.97. The molecule has 0 saturated carbocycles. The standard InChI is InChI=1S/C13H16N2O/c1-9-5-10(3-4-13(9)16-2)12-8-15-7-11(12)6-14/h3-5,7-8,15H,6,14H2,1-2H3. The topological polar surface area (TPSA) is 51.0 Å². The monoisotopic (exact) mass is 216 g/mol. The van der Waals surface area contributed by atoms with Crippen LogP contribution in [0.1, 0.15) is 11.1 Å². The fourth-order valence-corrected chi connectivity index (χ4v) is 1.88. The van der Waals surface area contributed by atoms with Gasteiger partial charge in [-0.1, -0.05) is 6.07 Å². The highest BCUT2D eigenvalue weighted by Crippen LogP contribution is 2.28. The van der Waals surface area contributed by atoms with Crippen molar-refractivity contribution in [2.75, 3.05) is 7.11 Å². The molecule has 3 N–H and O–H groups in total. The molecule has 3 heteroatoms. The minimum atomic E-state index is 0.546. The Hall–Kier alpha value is -1.74. The Morgan fingerprint density at radius 3 is 2.75 bits per heavy atom. The normalized spacial score (nSPS) is 10.4. The van der Waals surface area contributed by atoms with E-state index in [2.05, 4.69) is 11.1 Å². The molecule has 0 aliphatic heterocycles. The van der Waals surface area contributed by atoms with Crippen LogP contribution in [0.15, 0.2) is 30.6 Å². The van der Waals surface area contributed by atoms with Gasteiger partial charge >= 0.3 is 0 Å². The van der Waals surface area contributed by atoms with Crippen LogP contribution < -0.4 is 10.5 Å². The summed E-state index contributed by atoms with van der Waals surface area (Å²) in [5.74, 6) is 0.911. The number of hydrogen-bond donors (Lipinski definition) is 2. The number of aromatic nitrogens is 1. The van der Waals surface area contributed by atoms with E-state index in [0.717, 1.165) is 22.4 Å². The second kappa shape index (κ2) is 4.41. The summed E-state index contributed by atoms with van der Waals surface area (Å²) >= 11 is 0. The quantitative estimate of drug-likeness (QED) is 0.828. The van der Waals surface area contributed by atoms with E-state index in [0.29, 0.717) is 6.54 Å². The highest BCUT2D eigenvalue weighted by molar-refractivity contribution is 5.68. The van der Waals surface area contributed by atoms with E-state index in [1.165, 1.54) is 5.56 Å². The molecule has 2 rings (SSSR count). The van der Waals surface area contributed by atoms with Gasteiger partial charge < -0.3 is 15.5 Å². The Morgan fingerprint density at radius 1 is 1.31 bits per heavy atom. The van der Waals surface area contributed by atoms with Crippen molar-refractivity contribution in [3.63, 3.8) is 0 Å². The average molecular weight is 216 g/mol. The molecule has 0 saturated heterocycles. The fourth-order valence-electron chi connectivity index (χ4n) is 1.88.